The number of carbonyl (C=O) groups is 1. The number of benzene rings is 1. The Balaban J connectivity index is 1.51. The van der Waals surface area contributed by atoms with E-state index >= 15 is 0 Å². The second kappa shape index (κ2) is 10.4. The van der Waals surface area contributed by atoms with Crippen molar-refractivity contribution < 1.29 is 45.3 Å². The predicted molar refractivity (Wildman–Crippen MR) is 120 cm³/mol. The molecule has 4 atom stereocenters. The standard InChI is InChI=1S/C25H26F6N2O4/c1-14-10-18(11-15(2)33(14)21-8-6-17(13-32-21)25(29,30)31)36-20-7-5-16(24(26,27)28)12-19(20)23(34)37-22-4-3-9-35-22/h5-8,12-15,18,22H,3-4,9-11H2,1-2H3/t14-,15?,18?,22?/m0/s1. The van der Waals surface area contributed by atoms with E-state index in [1.54, 1.807) is 0 Å². The van der Waals surface area contributed by atoms with Crippen molar-refractivity contribution in [3.63, 3.8) is 0 Å². The molecule has 6 nitrogen and oxygen atoms in total. The monoisotopic (exact) mass is 532 g/mol. The summed E-state index contributed by atoms with van der Waals surface area (Å²) in [5, 5.41) is 0. The van der Waals surface area contributed by atoms with E-state index in [1.165, 1.54) is 6.07 Å². The molecule has 3 unspecified atom stereocenters. The largest absolute Gasteiger partial charge is 0.489 e. The van der Waals surface area contributed by atoms with Crippen LogP contribution >= 0.6 is 0 Å². The Morgan fingerprint density at radius 1 is 1.00 bits per heavy atom. The molecule has 4 rings (SSSR count). The number of hydrogen-bond acceptors (Lipinski definition) is 6. The van der Waals surface area contributed by atoms with Crippen molar-refractivity contribution in [2.75, 3.05) is 11.5 Å². The summed E-state index contributed by atoms with van der Waals surface area (Å²) in [4.78, 5) is 18.6. The molecule has 3 heterocycles. The summed E-state index contributed by atoms with van der Waals surface area (Å²) >= 11 is 0. The van der Waals surface area contributed by atoms with Crippen LogP contribution in [0.15, 0.2) is 36.5 Å². The number of pyridine rings is 1. The quantitative estimate of drug-likeness (QED) is 0.336. The highest BCUT2D eigenvalue weighted by molar-refractivity contribution is 5.93. The van der Waals surface area contributed by atoms with Crippen LogP contribution < -0.4 is 9.64 Å². The van der Waals surface area contributed by atoms with Gasteiger partial charge in [-0.25, -0.2) is 9.78 Å². The molecule has 0 amide bonds. The van der Waals surface area contributed by atoms with Gasteiger partial charge >= 0.3 is 18.3 Å². The number of carbonyl (C=O) groups excluding carboxylic acids is 1. The Labute approximate surface area is 209 Å². The first-order chi connectivity index (χ1) is 17.3. The third kappa shape index (κ3) is 6.28. The van der Waals surface area contributed by atoms with Crippen molar-refractivity contribution in [2.45, 2.75) is 76.4 Å². The van der Waals surface area contributed by atoms with Gasteiger partial charge in [0, 0.05) is 37.5 Å². The lowest BCUT2D eigenvalue weighted by atomic mass is 9.94. The molecule has 37 heavy (non-hydrogen) atoms. The zero-order valence-corrected chi connectivity index (χ0v) is 20.1. The predicted octanol–water partition coefficient (Wildman–Crippen LogP) is 6.24. The minimum atomic E-state index is -4.67. The fraction of sp³-hybridized carbons (Fsp3) is 0.520. The Bertz CT molecular complexity index is 1090. The fourth-order valence-electron chi connectivity index (χ4n) is 4.75. The summed E-state index contributed by atoms with van der Waals surface area (Å²) in [5.41, 5.74) is -2.21. The number of anilines is 1. The third-order valence-corrected chi connectivity index (χ3v) is 6.44. The van der Waals surface area contributed by atoms with Crippen LogP contribution in [0.2, 0.25) is 0 Å². The van der Waals surface area contributed by atoms with Crippen LogP contribution in [0.25, 0.3) is 0 Å². The van der Waals surface area contributed by atoms with Gasteiger partial charge in [-0.3, -0.25) is 0 Å². The number of rotatable bonds is 5. The normalized spacial score (nSPS) is 24.7. The van der Waals surface area contributed by atoms with Gasteiger partial charge < -0.3 is 19.1 Å². The van der Waals surface area contributed by atoms with Gasteiger partial charge in [0.25, 0.3) is 0 Å². The van der Waals surface area contributed by atoms with Gasteiger partial charge in [-0.05, 0) is 50.6 Å². The lowest BCUT2D eigenvalue weighted by molar-refractivity contribution is -0.138. The Hall–Kier alpha value is -3.02. The zero-order valence-electron chi connectivity index (χ0n) is 20.1. The number of aromatic nitrogens is 1. The van der Waals surface area contributed by atoms with Crippen LogP contribution in [0.4, 0.5) is 32.2 Å². The average Bonchev–Trinajstić information content (AvgIpc) is 3.31. The summed E-state index contributed by atoms with van der Waals surface area (Å²) in [6.45, 7) is 4.10. The van der Waals surface area contributed by atoms with Crippen LogP contribution in [-0.2, 0) is 21.8 Å². The summed E-state index contributed by atoms with van der Waals surface area (Å²) in [6, 6.07) is 4.51. The maximum atomic E-state index is 13.3. The first kappa shape index (κ1) is 27.0. The van der Waals surface area contributed by atoms with Crippen LogP contribution in [-0.4, -0.2) is 42.0 Å². The molecule has 2 saturated heterocycles. The molecule has 0 radical (unpaired) electrons. The van der Waals surface area contributed by atoms with Gasteiger partial charge in [0.05, 0.1) is 17.7 Å². The molecule has 202 valence electrons. The van der Waals surface area contributed by atoms with Crippen molar-refractivity contribution in [1.29, 1.82) is 0 Å². The van der Waals surface area contributed by atoms with Gasteiger partial charge in [-0.1, -0.05) is 0 Å². The zero-order chi connectivity index (χ0) is 27.0. The lowest BCUT2D eigenvalue weighted by Crippen LogP contribution is -2.50. The molecule has 2 fully saturated rings. The molecule has 0 spiro atoms. The van der Waals surface area contributed by atoms with E-state index in [0.29, 0.717) is 44.2 Å². The topological polar surface area (TPSA) is 60.9 Å². The van der Waals surface area contributed by atoms with E-state index in [0.717, 1.165) is 24.4 Å². The molecule has 0 saturated carbocycles. The van der Waals surface area contributed by atoms with Gasteiger partial charge in [0.1, 0.15) is 23.2 Å². The van der Waals surface area contributed by atoms with Gasteiger partial charge in [-0.2, -0.15) is 26.3 Å². The summed E-state index contributed by atoms with van der Waals surface area (Å²) in [7, 11) is 0. The molecule has 0 bridgehead atoms. The number of hydrogen-bond donors (Lipinski definition) is 0. The van der Waals surface area contributed by atoms with Gasteiger partial charge in [0.2, 0.25) is 6.29 Å². The molecular formula is C25H26F6N2O4. The molecule has 1 aromatic carbocycles. The van der Waals surface area contributed by atoms with E-state index in [-0.39, 0.29) is 23.4 Å². The first-order valence-corrected chi connectivity index (χ1v) is 11.8. The minimum absolute atomic E-state index is 0.0403. The van der Waals surface area contributed by atoms with Crippen molar-refractivity contribution in [1.82, 2.24) is 4.98 Å². The summed E-state index contributed by atoms with van der Waals surface area (Å²) in [5.74, 6) is -0.635. The highest BCUT2D eigenvalue weighted by Gasteiger charge is 2.37. The second-order valence-electron chi connectivity index (χ2n) is 9.28. The van der Waals surface area contributed by atoms with Crippen molar-refractivity contribution in [3.05, 3.63) is 53.2 Å². The first-order valence-electron chi connectivity index (χ1n) is 11.8. The molecule has 0 aliphatic carbocycles. The van der Waals surface area contributed by atoms with Crippen molar-refractivity contribution in [2.24, 2.45) is 0 Å². The van der Waals surface area contributed by atoms with E-state index in [1.807, 2.05) is 18.7 Å². The molecule has 2 aliphatic heterocycles. The SMILES string of the molecule is CC1CC(Oc2ccc(C(F)(F)F)cc2C(=O)OC2CCCO2)C[C@H](C)N1c1ccc(C(F)(F)F)cn1. The number of halogens is 6. The van der Waals surface area contributed by atoms with Crippen LogP contribution in [0.5, 0.6) is 5.75 Å². The van der Waals surface area contributed by atoms with E-state index in [9.17, 15) is 31.1 Å². The number of piperidine rings is 1. The number of alkyl halides is 6. The van der Waals surface area contributed by atoms with Crippen LogP contribution in [0, 0.1) is 0 Å². The molecule has 12 heteroatoms. The molecule has 2 aliphatic rings. The van der Waals surface area contributed by atoms with Crippen LogP contribution in [0.1, 0.15) is 61.0 Å². The Kier molecular flexibility index (Phi) is 7.59. The maximum absolute atomic E-state index is 13.3. The summed E-state index contributed by atoms with van der Waals surface area (Å²) < 4.78 is 95.2. The fourth-order valence-corrected chi connectivity index (χ4v) is 4.75. The third-order valence-electron chi connectivity index (χ3n) is 6.44. The molecule has 0 N–H and O–H groups in total. The number of ether oxygens (including phenoxy) is 3. The van der Waals surface area contributed by atoms with Crippen molar-refractivity contribution >= 4 is 11.8 Å². The second-order valence-corrected chi connectivity index (χ2v) is 9.28. The minimum Gasteiger partial charge on any atom is -0.489 e. The van der Waals surface area contributed by atoms with E-state index in [2.05, 4.69) is 4.98 Å². The van der Waals surface area contributed by atoms with E-state index < -0.39 is 41.8 Å². The highest BCUT2D eigenvalue weighted by atomic mass is 19.4. The van der Waals surface area contributed by atoms with Crippen molar-refractivity contribution in [3.8, 4) is 5.75 Å². The lowest BCUT2D eigenvalue weighted by Gasteiger charge is -2.43. The Morgan fingerprint density at radius 2 is 1.65 bits per heavy atom. The highest BCUT2D eigenvalue weighted by Crippen LogP contribution is 2.36. The van der Waals surface area contributed by atoms with Gasteiger partial charge in [-0.15, -0.1) is 0 Å². The van der Waals surface area contributed by atoms with E-state index in [4.69, 9.17) is 14.2 Å². The van der Waals surface area contributed by atoms with Gasteiger partial charge in [0.15, 0.2) is 0 Å². The molecular weight excluding hydrogens is 506 g/mol. The molecule has 1 aromatic heterocycles. The number of nitrogens with zero attached hydrogens (tertiary/aromatic N) is 2. The average molecular weight is 532 g/mol. The summed E-state index contributed by atoms with van der Waals surface area (Å²) in [6.07, 6.45) is -7.75. The smallest absolute Gasteiger partial charge is 0.417 e. The Morgan fingerprint density at radius 3 is 2.19 bits per heavy atom. The maximum Gasteiger partial charge on any atom is 0.417 e. The molecule has 2 aromatic rings. The van der Waals surface area contributed by atoms with Crippen LogP contribution in [0.3, 0.4) is 0 Å². The number of esters is 1.